The normalized spacial score (nSPS) is 13.0. The molecule has 4 nitrogen and oxygen atoms in total. The maximum atomic E-state index is 11.6. The Morgan fingerprint density at radius 1 is 1.50 bits per heavy atom. The molecule has 4 heteroatoms. The summed E-state index contributed by atoms with van der Waals surface area (Å²) in [6.07, 6.45) is 0. The molecule has 0 saturated heterocycles. The first-order valence-corrected chi connectivity index (χ1v) is 5.09. The van der Waals surface area contributed by atoms with E-state index in [9.17, 15) is 4.79 Å². The predicted molar refractivity (Wildman–Crippen MR) is 56.9 cm³/mol. The van der Waals surface area contributed by atoms with Gasteiger partial charge in [0.25, 0.3) is 0 Å². The van der Waals surface area contributed by atoms with Gasteiger partial charge in [-0.3, -0.25) is 4.79 Å². The highest BCUT2D eigenvalue weighted by Gasteiger charge is 2.20. The molecule has 0 bridgehead atoms. The van der Waals surface area contributed by atoms with Crippen molar-refractivity contribution in [2.24, 2.45) is 11.7 Å². The molecule has 0 aliphatic heterocycles. The first-order valence-electron chi connectivity index (χ1n) is 5.09. The van der Waals surface area contributed by atoms with Gasteiger partial charge < -0.3 is 15.4 Å². The second-order valence-corrected chi connectivity index (χ2v) is 3.73. The summed E-state index contributed by atoms with van der Waals surface area (Å²) < 4.78 is 5.16. The minimum absolute atomic E-state index is 0.0142. The molecule has 0 saturated carbocycles. The van der Waals surface area contributed by atoms with E-state index in [0.29, 0.717) is 19.8 Å². The van der Waals surface area contributed by atoms with Crippen LogP contribution in [0.2, 0.25) is 0 Å². The van der Waals surface area contributed by atoms with Crippen molar-refractivity contribution in [3.8, 4) is 0 Å². The molecule has 1 amide bonds. The van der Waals surface area contributed by atoms with E-state index in [1.165, 1.54) is 0 Å². The van der Waals surface area contributed by atoms with Crippen molar-refractivity contribution in [1.82, 2.24) is 4.90 Å². The average molecular weight is 202 g/mol. The molecule has 0 rings (SSSR count). The van der Waals surface area contributed by atoms with Crippen LogP contribution in [0.3, 0.4) is 0 Å². The standard InChI is InChI=1S/C10H22N2O2/c1-5-14-7-6-12(4)10(13)9(11)8(2)3/h8-9H,5-7,11H2,1-4H3/t9-/m1/s1. The number of rotatable bonds is 6. The first kappa shape index (κ1) is 13.4. The smallest absolute Gasteiger partial charge is 0.239 e. The van der Waals surface area contributed by atoms with Crippen LogP contribution in [-0.2, 0) is 9.53 Å². The largest absolute Gasteiger partial charge is 0.380 e. The summed E-state index contributed by atoms with van der Waals surface area (Å²) in [6.45, 7) is 7.68. The number of ether oxygens (including phenoxy) is 1. The number of hydrogen-bond donors (Lipinski definition) is 1. The van der Waals surface area contributed by atoms with Gasteiger partial charge in [-0.2, -0.15) is 0 Å². The number of carbonyl (C=O) groups excluding carboxylic acids is 1. The van der Waals surface area contributed by atoms with Gasteiger partial charge in [0.2, 0.25) is 5.91 Å². The van der Waals surface area contributed by atoms with Gasteiger partial charge in [-0.25, -0.2) is 0 Å². The predicted octanol–water partition coefficient (Wildman–Crippen LogP) is 0.465. The van der Waals surface area contributed by atoms with Crippen LogP contribution < -0.4 is 5.73 Å². The van der Waals surface area contributed by atoms with E-state index < -0.39 is 6.04 Å². The van der Waals surface area contributed by atoms with Crippen LogP contribution >= 0.6 is 0 Å². The van der Waals surface area contributed by atoms with Crippen LogP contribution in [0.4, 0.5) is 0 Å². The van der Waals surface area contributed by atoms with Crippen molar-refractivity contribution >= 4 is 5.91 Å². The fraction of sp³-hybridized carbons (Fsp3) is 0.900. The Balaban J connectivity index is 3.86. The summed E-state index contributed by atoms with van der Waals surface area (Å²) in [5, 5.41) is 0. The fourth-order valence-electron chi connectivity index (χ4n) is 0.996. The van der Waals surface area contributed by atoms with Gasteiger partial charge in [0.05, 0.1) is 12.6 Å². The third-order valence-electron chi connectivity index (χ3n) is 2.15. The summed E-state index contributed by atoms with van der Waals surface area (Å²) in [5.41, 5.74) is 5.73. The molecule has 0 unspecified atom stereocenters. The lowest BCUT2D eigenvalue weighted by atomic mass is 10.0. The maximum Gasteiger partial charge on any atom is 0.239 e. The van der Waals surface area contributed by atoms with Gasteiger partial charge >= 0.3 is 0 Å². The number of likely N-dealkylation sites (N-methyl/N-ethyl adjacent to an activating group) is 1. The van der Waals surface area contributed by atoms with Crippen molar-refractivity contribution in [3.63, 3.8) is 0 Å². The molecule has 1 atom stereocenters. The summed E-state index contributed by atoms with van der Waals surface area (Å²) >= 11 is 0. The van der Waals surface area contributed by atoms with Crippen molar-refractivity contribution in [2.45, 2.75) is 26.8 Å². The molecule has 0 aromatic heterocycles. The Hall–Kier alpha value is -0.610. The van der Waals surface area contributed by atoms with E-state index in [4.69, 9.17) is 10.5 Å². The Kier molecular flexibility index (Phi) is 6.49. The average Bonchev–Trinajstić information content (AvgIpc) is 2.15. The highest BCUT2D eigenvalue weighted by Crippen LogP contribution is 2.01. The minimum atomic E-state index is -0.401. The van der Waals surface area contributed by atoms with Crippen molar-refractivity contribution in [2.75, 3.05) is 26.8 Å². The van der Waals surface area contributed by atoms with Gasteiger partial charge in [0, 0.05) is 20.2 Å². The molecule has 2 N–H and O–H groups in total. The molecule has 84 valence electrons. The number of nitrogens with two attached hydrogens (primary N) is 1. The third-order valence-corrected chi connectivity index (χ3v) is 2.15. The number of hydrogen-bond acceptors (Lipinski definition) is 3. The molecule has 0 aromatic rings. The first-order chi connectivity index (χ1) is 6.50. The SMILES string of the molecule is CCOCCN(C)C(=O)[C@H](N)C(C)C. The van der Waals surface area contributed by atoms with Gasteiger partial charge in [-0.1, -0.05) is 13.8 Å². The maximum absolute atomic E-state index is 11.6. The number of carbonyl (C=O) groups is 1. The molecule has 14 heavy (non-hydrogen) atoms. The number of amides is 1. The zero-order valence-electron chi connectivity index (χ0n) is 9.62. The topological polar surface area (TPSA) is 55.6 Å². The van der Waals surface area contributed by atoms with E-state index in [1.54, 1.807) is 11.9 Å². The molecular formula is C10H22N2O2. The van der Waals surface area contributed by atoms with Gasteiger partial charge in [-0.05, 0) is 12.8 Å². The number of nitrogens with zero attached hydrogens (tertiary/aromatic N) is 1. The molecule has 0 radical (unpaired) electrons. The Bertz CT molecular complexity index is 172. The molecule has 0 fully saturated rings. The second kappa shape index (κ2) is 6.79. The molecule has 0 aliphatic carbocycles. The summed E-state index contributed by atoms with van der Waals surface area (Å²) in [7, 11) is 1.75. The molecule has 0 heterocycles. The van der Waals surface area contributed by atoms with Crippen LogP contribution in [0.15, 0.2) is 0 Å². The minimum Gasteiger partial charge on any atom is -0.380 e. The van der Waals surface area contributed by atoms with Gasteiger partial charge in [0.1, 0.15) is 0 Å². The Morgan fingerprint density at radius 2 is 2.07 bits per heavy atom. The lowest BCUT2D eigenvalue weighted by Crippen LogP contribution is -2.45. The second-order valence-electron chi connectivity index (χ2n) is 3.73. The zero-order chi connectivity index (χ0) is 11.1. The summed E-state index contributed by atoms with van der Waals surface area (Å²) in [5.74, 6) is 0.164. The van der Waals surface area contributed by atoms with E-state index in [-0.39, 0.29) is 11.8 Å². The monoisotopic (exact) mass is 202 g/mol. The van der Waals surface area contributed by atoms with Crippen molar-refractivity contribution in [1.29, 1.82) is 0 Å². The van der Waals surface area contributed by atoms with Crippen LogP contribution in [0.5, 0.6) is 0 Å². The fourth-order valence-corrected chi connectivity index (χ4v) is 0.996. The molecule has 0 aliphatic rings. The Morgan fingerprint density at radius 3 is 2.50 bits per heavy atom. The molecule has 0 aromatic carbocycles. The van der Waals surface area contributed by atoms with E-state index in [1.807, 2.05) is 20.8 Å². The lowest BCUT2D eigenvalue weighted by molar-refractivity contribution is -0.132. The van der Waals surface area contributed by atoms with E-state index in [2.05, 4.69) is 0 Å². The lowest BCUT2D eigenvalue weighted by Gasteiger charge is -2.23. The highest BCUT2D eigenvalue weighted by atomic mass is 16.5. The van der Waals surface area contributed by atoms with E-state index in [0.717, 1.165) is 0 Å². The molecular weight excluding hydrogens is 180 g/mol. The van der Waals surface area contributed by atoms with Crippen molar-refractivity contribution in [3.05, 3.63) is 0 Å². The van der Waals surface area contributed by atoms with Gasteiger partial charge in [-0.15, -0.1) is 0 Å². The Labute approximate surface area is 86.4 Å². The summed E-state index contributed by atoms with van der Waals surface area (Å²) in [4.78, 5) is 13.2. The summed E-state index contributed by atoms with van der Waals surface area (Å²) in [6, 6.07) is -0.401. The quantitative estimate of drug-likeness (QED) is 0.637. The molecule has 0 spiro atoms. The van der Waals surface area contributed by atoms with Crippen molar-refractivity contribution < 1.29 is 9.53 Å². The van der Waals surface area contributed by atoms with Crippen LogP contribution in [-0.4, -0.2) is 43.7 Å². The van der Waals surface area contributed by atoms with Crippen LogP contribution in [0.25, 0.3) is 0 Å². The van der Waals surface area contributed by atoms with Crippen LogP contribution in [0.1, 0.15) is 20.8 Å². The zero-order valence-corrected chi connectivity index (χ0v) is 9.62. The van der Waals surface area contributed by atoms with E-state index >= 15 is 0 Å². The highest BCUT2D eigenvalue weighted by molar-refractivity contribution is 5.81. The van der Waals surface area contributed by atoms with Crippen LogP contribution in [0, 0.1) is 5.92 Å². The van der Waals surface area contributed by atoms with Gasteiger partial charge in [0.15, 0.2) is 0 Å². The third kappa shape index (κ3) is 4.58.